The number of nitrogens with one attached hydrogen (secondary N) is 1. The lowest BCUT2D eigenvalue weighted by molar-refractivity contribution is 0.0939. The van der Waals surface area contributed by atoms with E-state index < -0.39 is 5.69 Å². The number of carbonyl (C=O) groups excluding carboxylic acids is 1. The predicted molar refractivity (Wildman–Crippen MR) is 129 cm³/mol. The van der Waals surface area contributed by atoms with Gasteiger partial charge in [0.1, 0.15) is 0 Å². The number of hydrogen-bond acceptors (Lipinski definition) is 4. The Bertz CT molecular complexity index is 1480. The third-order valence-corrected chi connectivity index (χ3v) is 5.95. The van der Waals surface area contributed by atoms with Crippen molar-refractivity contribution in [2.24, 2.45) is 0 Å². The molecule has 33 heavy (non-hydrogen) atoms. The minimum absolute atomic E-state index is 0.00493. The first-order valence-electron chi connectivity index (χ1n) is 10.9. The summed E-state index contributed by atoms with van der Waals surface area (Å²) in [5, 5.41) is 8.32. The molecule has 172 valence electrons. The third-order valence-electron chi connectivity index (χ3n) is 5.72. The van der Waals surface area contributed by atoms with Crippen LogP contribution in [0.25, 0.3) is 16.7 Å². The Morgan fingerprint density at radius 1 is 1.12 bits per heavy atom. The molecule has 0 fully saturated rings. The first-order valence-corrected chi connectivity index (χ1v) is 11.3. The van der Waals surface area contributed by atoms with Crippen LogP contribution in [-0.4, -0.2) is 30.7 Å². The van der Waals surface area contributed by atoms with Gasteiger partial charge in [0, 0.05) is 22.7 Å². The largest absolute Gasteiger partial charge is 0.352 e. The lowest BCUT2D eigenvalue weighted by Gasteiger charge is -2.14. The van der Waals surface area contributed by atoms with Gasteiger partial charge in [0.2, 0.25) is 5.78 Å². The van der Waals surface area contributed by atoms with E-state index in [4.69, 9.17) is 11.6 Å². The Kier molecular flexibility index (Phi) is 6.12. The summed E-state index contributed by atoms with van der Waals surface area (Å²) < 4.78 is 4.21. The molecular weight excluding hydrogens is 442 g/mol. The maximum atomic E-state index is 13.4. The summed E-state index contributed by atoms with van der Waals surface area (Å²) in [7, 11) is 0. The molecule has 2 aromatic heterocycles. The molecule has 1 N–H and O–H groups in total. The molecule has 0 spiro atoms. The second kappa shape index (κ2) is 8.86. The fraction of sp³-hybridized carbons (Fsp3) is 0.333. The number of amides is 1. The van der Waals surface area contributed by atoms with Crippen molar-refractivity contribution in [1.29, 1.82) is 0 Å². The van der Waals surface area contributed by atoms with Crippen LogP contribution in [0.2, 0.25) is 5.02 Å². The molecule has 0 aliphatic carbocycles. The monoisotopic (exact) mass is 467 g/mol. The lowest BCUT2D eigenvalue weighted by Crippen LogP contribution is -2.32. The van der Waals surface area contributed by atoms with Gasteiger partial charge in [-0.05, 0) is 63.1 Å². The maximum Gasteiger partial charge on any atom is 0.352 e. The summed E-state index contributed by atoms with van der Waals surface area (Å²) in [6, 6.07) is 11.8. The molecule has 0 bridgehead atoms. The Balaban J connectivity index is 1.97. The van der Waals surface area contributed by atoms with E-state index in [1.807, 2.05) is 33.8 Å². The quantitative estimate of drug-likeness (QED) is 0.469. The Morgan fingerprint density at radius 3 is 2.55 bits per heavy atom. The van der Waals surface area contributed by atoms with Gasteiger partial charge in [-0.1, -0.05) is 30.7 Å². The van der Waals surface area contributed by atoms with Crippen LogP contribution in [0.1, 0.15) is 56.1 Å². The van der Waals surface area contributed by atoms with E-state index in [1.54, 1.807) is 36.4 Å². The van der Waals surface area contributed by atoms with E-state index in [2.05, 4.69) is 10.4 Å². The summed E-state index contributed by atoms with van der Waals surface area (Å²) in [5.74, 6) is -0.0270. The number of hydrogen-bond donors (Lipinski definition) is 1. The fourth-order valence-electron chi connectivity index (χ4n) is 3.81. The van der Waals surface area contributed by atoms with E-state index in [0.29, 0.717) is 21.5 Å². The highest BCUT2D eigenvalue weighted by Gasteiger charge is 2.20. The van der Waals surface area contributed by atoms with Gasteiger partial charge in [0.05, 0.1) is 17.4 Å². The van der Waals surface area contributed by atoms with Gasteiger partial charge in [-0.25, -0.2) is 13.9 Å². The molecule has 1 atom stereocenters. The van der Waals surface area contributed by atoms with Gasteiger partial charge in [-0.15, -0.1) is 5.10 Å². The summed E-state index contributed by atoms with van der Waals surface area (Å²) in [4.78, 5) is 39.4. The van der Waals surface area contributed by atoms with Gasteiger partial charge in [-0.2, -0.15) is 0 Å². The van der Waals surface area contributed by atoms with Gasteiger partial charge >= 0.3 is 5.69 Å². The first-order chi connectivity index (χ1) is 15.7. The first kappa shape index (κ1) is 22.8. The summed E-state index contributed by atoms with van der Waals surface area (Å²) in [6.45, 7) is 7.83. The van der Waals surface area contributed by atoms with Gasteiger partial charge in [0.25, 0.3) is 11.5 Å². The SMILES string of the molecule is CCC(C)NC(=O)c1ccc2c(=O)n(C(C)C)c3nn(Cc4cccc(Cl)c4)c(=O)n3c2c1. The van der Waals surface area contributed by atoms with Gasteiger partial charge < -0.3 is 5.32 Å². The molecule has 4 aromatic rings. The second-order valence-corrected chi connectivity index (χ2v) is 8.93. The second-order valence-electron chi connectivity index (χ2n) is 8.49. The number of aromatic nitrogens is 4. The molecule has 2 aromatic carbocycles. The number of rotatable bonds is 6. The topological polar surface area (TPSA) is 90.4 Å². The number of fused-ring (bicyclic) bond motifs is 3. The molecule has 0 saturated carbocycles. The summed E-state index contributed by atoms with van der Waals surface area (Å²) in [6.07, 6.45) is 0.790. The van der Waals surface area contributed by atoms with Crippen LogP contribution in [-0.2, 0) is 6.54 Å². The number of nitrogens with zero attached hydrogens (tertiary/aromatic N) is 4. The number of carbonyl (C=O) groups is 1. The Labute approximate surface area is 195 Å². The zero-order valence-corrected chi connectivity index (χ0v) is 19.8. The minimum atomic E-state index is -0.399. The smallest absolute Gasteiger partial charge is 0.350 e. The van der Waals surface area contributed by atoms with Crippen LogP contribution < -0.4 is 16.6 Å². The molecule has 0 radical (unpaired) electrons. The molecule has 1 unspecified atom stereocenters. The van der Waals surface area contributed by atoms with E-state index >= 15 is 0 Å². The third kappa shape index (κ3) is 4.18. The molecule has 9 heteroatoms. The fourth-order valence-corrected chi connectivity index (χ4v) is 4.02. The molecular formula is C24H26ClN5O3. The van der Waals surface area contributed by atoms with Crippen LogP contribution >= 0.6 is 11.6 Å². The molecule has 0 aliphatic rings. The molecule has 0 saturated heterocycles. The highest BCUT2D eigenvalue weighted by molar-refractivity contribution is 6.30. The van der Waals surface area contributed by atoms with Crippen molar-refractivity contribution in [2.75, 3.05) is 0 Å². The van der Waals surface area contributed by atoms with E-state index in [1.165, 1.54) is 13.6 Å². The van der Waals surface area contributed by atoms with Crippen molar-refractivity contribution >= 4 is 34.2 Å². The lowest BCUT2D eigenvalue weighted by atomic mass is 10.1. The number of halogens is 1. The van der Waals surface area contributed by atoms with Crippen LogP contribution in [0.4, 0.5) is 0 Å². The standard InChI is InChI=1S/C24H26ClN5O3/c1-5-15(4)26-21(31)17-9-10-19-20(12-17)30-23(29(14(2)3)22(19)32)27-28(24(30)33)13-16-7-6-8-18(25)11-16/h6-12,14-15H,5,13H2,1-4H3,(H,26,31). The molecule has 8 nitrogen and oxygen atoms in total. The molecule has 2 heterocycles. The minimum Gasteiger partial charge on any atom is -0.350 e. The average molecular weight is 468 g/mol. The zero-order valence-electron chi connectivity index (χ0n) is 19.0. The maximum absolute atomic E-state index is 13.4. The van der Waals surface area contributed by atoms with E-state index in [-0.39, 0.29) is 35.9 Å². The van der Waals surface area contributed by atoms with Crippen molar-refractivity contribution < 1.29 is 4.79 Å². The normalized spacial score (nSPS) is 12.5. The van der Waals surface area contributed by atoms with Crippen LogP contribution in [0, 0.1) is 0 Å². The highest BCUT2D eigenvalue weighted by Crippen LogP contribution is 2.17. The summed E-state index contributed by atoms with van der Waals surface area (Å²) in [5.41, 5.74) is 0.876. The Hall–Kier alpha value is -3.39. The number of benzene rings is 2. The molecule has 4 rings (SSSR count). The van der Waals surface area contributed by atoms with Crippen LogP contribution in [0.15, 0.2) is 52.1 Å². The molecule has 0 aliphatic heterocycles. The van der Waals surface area contributed by atoms with E-state index in [0.717, 1.165) is 12.0 Å². The summed E-state index contributed by atoms with van der Waals surface area (Å²) >= 11 is 6.09. The van der Waals surface area contributed by atoms with Crippen molar-refractivity contribution in [3.63, 3.8) is 0 Å². The van der Waals surface area contributed by atoms with Crippen LogP contribution in [0.5, 0.6) is 0 Å². The van der Waals surface area contributed by atoms with Crippen LogP contribution in [0.3, 0.4) is 0 Å². The van der Waals surface area contributed by atoms with E-state index in [9.17, 15) is 14.4 Å². The van der Waals surface area contributed by atoms with Gasteiger partial charge in [-0.3, -0.25) is 14.2 Å². The molecule has 1 amide bonds. The zero-order chi connectivity index (χ0) is 23.9. The van der Waals surface area contributed by atoms with Crippen molar-refractivity contribution in [3.05, 3.63) is 79.5 Å². The van der Waals surface area contributed by atoms with Crippen molar-refractivity contribution in [2.45, 2.75) is 52.7 Å². The van der Waals surface area contributed by atoms with Crippen molar-refractivity contribution in [1.82, 2.24) is 24.1 Å². The van der Waals surface area contributed by atoms with Crippen molar-refractivity contribution in [3.8, 4) is 0 Å². The Morgan fingerprint density at radius 2 is 1.88 bits per heavy atom. The highest BCUT2D eigenvalue weighted by atomic mass is 35.5. The van der Waals surface area contributed by atoms with Gasteiger partial charge in [0.15, 0.2) is 0 Å². The average Bonchev–Trinajstić information content (AvgIpc) is 3.08. The predicted octanol–water partition coefficient (Wildman–Crippen LogP) is 3.62.